The van der Waals surface area contributed by atoms with Crippen LogP contribution in [0.1, 0.15) is 24.6 Å². The second-order valence-corrected chi connectivity index (χ2v) is 5.50. The van der Waals surface area contributed by atoms with Crippen LogP contribution < -0.4 is 10.1 Å². The SMILES string of the molecule is CCCNCc1ccn(Cc2ccc(OC)c(Br)c2)n1. The van der Waals surface area contributed by atoms with E-state index in [0.29, 0.717) is 0 Å². The van der Waals surface area contributed by atoms with Gasteiger partial charge in [0.2, 0.25) is 0 Å². The van der Waals surface area contributed by atoms with Gasteiger partial charge in [-0.1, -0.05) is 13.0 Å². The lowest BCUT2D eigenvalue weighted by atomic mass is 10.2. The maximum atomic E-state index is 5.23. The normalized spacial score (nSPS) is 10.8. The summed E-state index contributed by atoms with van der Waals surface area (Å²) in [5.74, 6) is 0.846. The van der Waals surface area contributed by atoms with Gasteiger partial charge >= 0.3 is 0 Å². The Morgan fingerprint density at radius 3 is 2.90 bits per heavy atom. The van der Waals surface area contributed by atoms with Crippen LogP contribution in [0, 0.1) is 0 Å². The first-order valence-electron chi connectivity index (χ1n) is 6.78. The second-order valence-electron chi connectivity index (χ2n) is 4.65. The van der Waals surface area contributed by atoms with Gasteiger partial charge in [-0.15, -0.1) is 0 Å². The van der Waals surface area contributed by atoms with Crippen LogP contribution >= 0.6 is 15.9 Å². The van der Waals surface area contributed by atoms with E-state index >= 15 is 0 Å². The lowest BCUT2D eigenvalue weighted by Crippen LogP contribution is -2.14. The van der Waals surface area contributed by atoms with Crippen molar-refractivity contribution in [2.75, 3.05) is 13.7 Å². The predicted octanol–water partition coefficient (Wildman–Crippen LogP) is 3.20. The predicted molar refractivity (Wildman–Crippen MR) is 84.0 cm³/mol. The number of nitrogens with zero attached hydrogens (tertiary/aromatic N) is 2. The van der Waals surface area contributed by atoms with Crippen molar-refractivity contribution in [1.82, 2.24) is 15.1 Å². The maximum absolute atomic E-state index is 5.23. The van der Waals surface area contributed by atoms with Crippen molar-refractivity contribution in [3.8, 4) is 5.75 Å². The molecule has 2 aromatic rings. The van der Waals surface area contributed by atoms with Crippen LogP contribution in [0.4, 0.5) is 0 Å². The highest BCUT2D eigenvalue weighted by atomic mass is 79.9. The van der Waals surface area contributed by atoms with Gasteiger partial charge in [-0.05, 0) is 52.7 Å². The minimum Gasteiger partial charge on any atom is -0.496 e. The van der Waals surface area contributed by atoms with E-state index in [4.69, 9.17) is 4.74 Å². The molecule has 0 aliphatic heterocycles. The molecular formula is C15H20BrN3O. The number of methoxy groups -OCH3 is 1. The largest absolute Gasteiger partial charge is 0.496 e. The molecule has 108 valence electrons. The minimum absolute atomic E-state index is 0.760. The minimum atomic E-state index is 0.760. The van der Waals surface area contributed by atoms with Gasteiger partial charge < -0.3 is 10.1 Å². The van der Waals surface area contributed by atoms with Gasteiger partial charge in [0.05, 0.1) is 23.8 Å². The first-order chi connectivity index (χ1) is 9.72. The molecule has 0 aliphatic rings. The van der Waals surface area contributed by atoms with Crippen molar-refractivity contribution in [2.45, 2.75) is 26.4 Å². The van der Waals surface area contributed by atoms with Crippen molar-refractivity contribution in [3.05, 3.63) is 46.2 Å². The van der Waals surface area contributed by atoms with E-state index in [1.807, 2.05) is 16.9 Å². The van der Waals surface area contributed by atoms with Crippen molar-refractivity contribution in [2.24, 2.45) is 0 Å². The smallest absolute Gasteiger partial charge is 0.133 e. The van der Waals surface area contributed by atoms with Gasteiger partial charge in [0.1, 0.15) is 5.75 Å². The topological polar surface area (TPSA) is 39.1 Å². The molecule has 0 aliphatic carbocycles. The number of hydrogen-bond acceptors (Lipinski definition) is 3. The van der Waals surface area contributed by atoms with Crippen LogP contribution in [0.15, 0.2) is 34.9 Å². The van der Waals surface area contributed by atoms with Gasteiger partial charge in [0, 0.05) is 12.7 Å². The van der Waals surface area contributed by atoms with Crippen molar-refractivity contribution >= 4 is 15.9 Å². The standard InChI is InChI=1S/C15H20BrN3O/c1-3-7-17-10-13-6-8-19(18-13)11-12-4-5-15(20-2)14(16)9-12/h4-6,8-9,17H,3,7,10-11H2,1-2H3. The number of nitrogens with one attached hydrogen (secondary N) is 1. The zero-order valence-electron chi connectivity index (χ0n) is 11.9. The fourth-order valence-corrected chi connectivity index (χ4v) is 2.56. The van der Waals surface area contributed by atoms with Crippen LogP contribution in [-0.2, 0) is 13.1 Å². The Labute approximate surface area is 128 Å². The fraction of sp³-hybridized carbons (Fsp3) is 0.400. The first-order valence-corrected chi connectivity index (χ1v) is 7.57. The highest BCUT2D eigenvalue weighted by molar-refractivity contribution is 9.10. The number of halogens is 1. The third kappa shape index (κ3) is 4.08. The lowest BCUT2D eigenvalue weighted by Gasteiger charge is -2.06. The van der Waals surface area contributed by atoms with Crippen LogP contribution in [0.5, 0.6) is 5.75 Å². The molecule has 0 spiro atoms. The molecule has 2 rings (SSSR count). The third-order valence-corrected chi connectivity index (χ3v) is 3.61. The van der Waals surface area contributed by atoms with Gasteiger partial charge in [0.15, 0.2) is 0 Å². The zero-order chi connectivity index (χ0) is 14.4. The van der Waals surface area contributed by atoms with Gasteiger partial charge in [-0.25, -0.2) is 0 Å². The summed E-state index contributed by atoms with van der Waals surface area (Å²) >= 11 is 3.50. The highest BCUT2D eigenvalue weighted by Crippen LogP contribution is 2.25. The molecule has 0 radical (unpaired) electrons. The molecule has 5 heteroatoms. The molecule has 0 bridgehead atoms. The summed E-state index contributed by atoms with van der Waals surface area (Å²) in [5.41, 5.74) is 2.26. The first kappa shape index (κ1) is 15.1. The Bertz CT molecular complexity index is 554. The Kier molecular flexibility index (Phi) is 5.61. The molecule has 0 fully saturated rings. The van der Waals surface area contributed by atoms with Crippen LogP contribution in [0.3, 0.4) is 0 Å². The Balaban J connectivity index is 1.97. The molecule has 1 N–H and O–H groups in total. The van der Waals surface area contributed by atoms with Crippen LogP contribution in [-0.4, -0.2) is 23.4 Å². The fourth-order valence-electron chi connectivity index (χ4n) is 1.97. The molecule has 20 heavy (non-hydrogen) atoms. The summed E-state index contributed by atoms with van der Waals surface area (Å²) in [6, 6.07) is 8.14. The highest BCUT2D eigenvalue weighted by Gasteiger charge is 2.03. The van der Waals surface area contributed by atoms with Crippen molar-refractivity contribution in [3.63, 3.8) is 0 Å². The lowest BCUT2D eigenvalue weighted by molar-refractivity contribution is 0.412. The zero-order valence-corrected chi connectivity index (χ0v) is 13.5. The van der Waals surface area contributed by atoms with Gasteiger partial charge in [-0.3, -0.25) is 4.68 Å². The Morgan fingerprint density at radius 2 is 2.20 bits per heavy atom. The molecule has 0 unspecified atom stereocenters. The molecule has 1 aromatic heterocycles. The van der Waals surface area contributed by atoms with E-state index in [9.17, 15) is 0 Å². The van der Waals surface area contributed by atoms with Crippen molar-refractivity contribution in [1.29, 1.82) is 0 Å². The third-order valence-electron chi connectivity index (χ3n) is 2.99. The summed E-state index contributed by atoms with van der Waals surface area (Å²) in [7, 11) is 1.67. The Hall–Kier alpha value is -1.33. The quantitative estimate of drug-likeness (QED) is 0.788. The molecule has 0 atom stereocenters. The van der Waals surface area contributed by atoms with E-state index in [0.717, 1.165) is 42.0 Å². The molecule has 1 aromatic carbocycles. The van der Waals surface area contributed by atoms with E-state index in [-0.39, 0.29) is 0 Å². The van der Waals surface area contributed by atoms with Gasteiger partial charge in [-0.2, -0.15) is 5.10 Å². The van der Waals surface area contributed by atoms with Crippen LogP contribution in [0.25, 0.3) is 0 Å². The summed E-state index contributed by atoms with van der Waals surface area (Å²) < 4.78 is 8.15. The number of aromatic nitrogens is 2. The maximum Gasteiger partial charge on any atom is 0.133 e. The van der Waals surface area contributed by atoms with E-state index in [1.54, 1.807) is 7.11 Å². The van der Waals surface area contributed by atoms with E-state index in [1.165, 1.54) is 5.56 Å². The molecular weight excluding hydrogens is 318 g/mol. The van der Waals surface area contributed by atoms with Crippen LogP contribution in [0.2, 0.25) is 0 Å². The Morgan fingerprint density at radius 1 is 1.35 bits per heavy atom. The summed E-state index contributed by atoms with van der Waals surface area (Å²) in [6.07, 6.45) is 3.15. The molecule has 0 amide bonds. The summed E-state index contributed by atoms with van der Waals surface area (Å²) in [4.78, 5) is 0. The monoisotopic (exact) mass is 337 g/mol. The molecule has 0 saturated heterocycles. The number of rotatable bonds is 7. The van der Waals surface area contributed by atoms with E-state index < -0.39 is 0 Å². The number of benzene rings is 1. The summed E-state index contributed by atoms with van der Waals surface area (Å²) in [6.45, 7) is 4.77. The summed E-state index contributed by atoms with van der Waals surface area (Å²) in [5, 5.41) is 7.91. The number of hydrogen-bond donors (Lipinski definition) is 1. The average molecular weight is 338 g/mol. The van der Waals surface area contributed by atoms with Crippen molar-refractivity contribution < 1.29 is 4.74 Å². The van der Waals surface area contributed by atoms with Gasteiger partial charge in [0.25, 0.3) is 0 Å². The average Bonchev–Trinajstić information content (AvgIpc) is 2.87. The molecule has 4 nitrogen and oxygen atoms in total. The molecule has 0 saturated carbocycles. The second kappa shape index (κ2) is 7.45. The molecule has 1 heterocycles. The van der Waals surface area contributed by atoms with E-state index in [2.05, 4.69) is 51.5 Å². The number of ether oxygens (including phenoxy) is 1.